The number of carbonyl (C=O) groups excluding carboxylic acids is 2. The summed E-state index contributed by atoms with van der Waals surface area (Å²) in [6.45, 7) is 6.58. The van der Waals surface area contributed by atoms with Gasteiger partial charge in [-0.2, -0.15) is 5.10 Å². The molecule has 0 bridgehead atoms. The highest BCUT2D eigenvalue weighted by Gasteiger charge is 2.34. The fourth-order valence-electron chi connectivity index (χ4n) is 5.38. The minimum atomic E-state index is -0.927. The van der Waals surface area contributed by atoms with Gasteiger partial charge < -0.3 is 14.2 Å². The molecule has 3 aromatic carbocycles. The highest BCUT2D eigenvalue weighted by molar-refractivity contribution is 7.07. The second-order valence-electron chi connectivity index (χ2n) is 10.7. The van der Waals surface area contributed by atoms with E-state index in [-0.39, 0.29) is 29.2 Å². The predicted molar refractivity (Wildman–Crippen MR) is 183 cm³/mol. The quantitative estimate of drug-likeness (QED) is 0.116. The third-order valence-corrected chi connectivity index (χ3v) is 8.73. The van der Waals surface area contributed by atoms with Crippen molar-refractivity contribution in [2.75, 3.05) is 13.7 Å². The lowest BCUT2D eigenvalue weighted by Gasteiger charge is -2.25. The van der Waals surface area contributed by atoms with Gasteiger partial charge in [0, 0.05) is 29.3 Å². The number of aromatic nitrogens is 3. The average Bonchev–Trinajstić information content (AvgIpc) is 3.64. The van der Waals surface area contributed by atoms with Crippen LogP contribution in [0.1, 0.15) is 31.0 Å². The number of hydrogen-bond acceptors (Lipinski definition) is 9. The van der Waals surface area contributed by atoms with E-state index >= 15 is 0 Å². The summed E-state index contributed by atoms with van der Waals surface area (Å²) in [6, 6.07) is 20.9. The molecule has 242 valence electrons. The Hall–Kier alpha value is -5.52. The number of nitrogens with zero attached hydrogens (tertiary/aromatic N) is 4. The SMILES string of the molecule is C=CCOC(=O)C1=C(C)N=c2s/c(=C\c3cn(-c4ccccc4)nc3-c3ccc(Cl)cc3)c(=O)n2C1c1ccc(OC(C)=O)c(OC)c1. The molecule has 6 rings (SSSR count). The molecule has 0 saturated heterocycles. The maximum atomic E-state index is 14.4. The minimum Gasteiger partial charge on any atom is -0.493 e. The fraction of sp³-hybridized carbons (Fsp3) is 0.139. The van der Waals surface area contributed by atoms with E-state index in [9.17, 15) is 14.4 Å². The van der Waals surface area contributed by atoms with Crippen molar-refractivity contribution in [2.24, 2.45) is 4.99 Å². The number of methoxy groups -OCH3 is 1. The molecule has 1 aliphatic rings. The maximum Gasteiger partial charge on any atom is 0.338 e. The van der Waals surface area contributed by atoms with Gasteiger partial charge in [-0.3, -0.25) is 14.2 Å². The fourth-order valence-corrected chi connectivity index (χ4v) is 6.55. The number of benzene rings is 3. The van der Waals surface area contributed by atoms with Crippen LogP contribution in [-0.4, -0.2) is 40.0 Å². The van der Waals surface area contributed by atoms with Crippen LogP contribution in [0.2, 0.25) is 5.02 Å². The monoisotopic (exact) mass is 680 g/mol. The number of esters is 2. The van der Waals surface area contributed by atoms with E-state index in [2.05, 4.69) is 11.6 Å². The molecule has 5 aromatic rings. The molecule has 1 aliphatic heterocycles. The lowest BCUT2D eigenvalue weighted by molar-refractivity contribution is -0.138. The molecular formula is C36H29ClN4O6S. The van der Waals surface area contributed by atoms with Gasteiger partial charge >= 0.3 is 11.9 Å². The summed E-state index contributed by atoms with van der Waals surface area (Å²) < 4.78 is 19.9. The van der Waals surface area contributed by atoms with Crippen LogP contribution in [0.3, 0.4) is 0 Å². The number of para-hydroxylation sites is 1. The van der Waals surface area contributed by atoms with Gasteiger partial charge in [0.1, 0.15) is 12.3 Å². The zero-order valence-corrected chi connectivity index (χ0v) is 27.7. The van der Waals surface area contributed by atoms with Crippen LogP contribution in [-0.2, 0) is 14.3 Å². The summed E-state index contributed by atoms with van der Waals surface area (Å²) in [5.74, 6) is -0.721. The molecule has 2 aromatic heterocycles. The molecule has 0 aliphatic carbocycles. The van der Waals surface area contributed by atoms with Crippen molar-refractivity contribution >= 4 is 41.0 Å². The van der Waals surface area contributed by atoms with Crippen molar-refractivity contribution in [3.8, 4) is 28.4 Å². The van der Waals surface area contributed by atoms with E-state index in [1.807, 2.05) is 48.7 Å². The van der Waals surface area contributed by atoms with Crippen LogP contribution in [0.25, 0.3) is 23.0 Å². The van der Waals surface area contributed by atoms with Crippen molar-refractivity contribution in [2.45, 2.75) is 19.9 Å². The maximum absolute atomic E-state index is 14.4. The molecule has 0 fully saturated rings. The van der Waals surface area contributed by atoms with E-state index in [1.165, 1.54) is 36.0 Å². The van der Waals surface area contributed by atoms with Gasteiger partial charge in [-0.05, 0) is 55.0 Å². The molecule has 48 heavy (non-hydrogen) atoms. The van der Waals surface area contributed by atoms with Crippen molar-refractivity contribution in [3.63, 3.8) is 0 Å². The smallest absolute Gasteiger partial charge is 0.338 e. The van der Waals surface area contributed by atoms with Gasteiger partial charge in [-0.15, -0.1) is 0 Å². The second-order valence-corrected chi connectivity index (χ2v) is 12.1. The summed E-state index contributed by atoms with van der Waals surface area (Å²) in [5.41, 5.74) is 3.72. The highest BCUT2D eigenvalue weighted by Crippen LogP contribution is 2.36. The zero-order chi connectivity index (χ0) is 33.9. The number of carbonyl (C=O) groups is 2. The number of hydrogen-bond donors (Lipinski definition) is 0. The van der Waals surface area contributed by atoms with Crippen LogP contribution < -0.4 is 24.4 Å². The molecule has 0 spiro atoms. The third kappa shape index (κ3) is 6.38. The summed E-state index contributed by atoms with van der Waals surface area (Å²) in [4.78, 5) is 44.6. The molecule has 0 radical (unpaired) electrons. The summed E-state index contributed by atoms with van der Waals surface area (Å²) in [5, 5.41) is 5.45. The topological polar surface area (TPSA) is 114 Å². The number of rotatable bonds is 9. The molecule has 10 nitrogen and oxygen atoms in total. The van der Waals surface area contributed by atoms with Crippen molar-refractivity contribution in [1.29, 1.82) is 0 Å². The number of ether oxygens (including phenoxy) is 3. The van der Waals surface area contributed by atoms with Crippen molar-refractivity contribution in [1.82, 2.24) is 14.3 Å². The van der Waals surface area contributed by atoms with Gasteiger partial charge in [0.15, 0.2) is 16.3 Å². The molecule has 0 N–H and O–H groups in total. The number of halogens is 1. The van der Waals surface area contributed by atoms with Gasteiger partial charge in [-0.25, -0.2) is 14.5 Å². The lowest BCUT2D eigenvalue weighted by atomic mass is 9.95. The van der Waals surface area contributed by atoms with E-state index in [1.54, 1.807) is 48.0 Å². The standard InChI is InChI=1S/C36H29ClN4O6S/c1-5-17-46-35(44)31-21(2)38-36-41(33(31)24-13-16-28(47-22(3)42)29(18-24)45-4)34(43)30(48-36)19-25-20-40(27-9-7-6-8-10-27)39-32(25)23-11-14-26(37)15-12-23/h5-16,18-20,33H,1,17H2,2-4H3/b30-19-. The molecule has 0 saturated carbocycles. The first kappa shape index (κ1) is 32.4. The Morgan fingerprint density at radius 2 is 1.81 bits per heavy atom. The van der Waals surface area contributed by atoms with Gasteiger partial charge in [0.2, 0.25) is 0 Å². The molecule has 0 amide bonds. The Kier molecular flexibility index (Phi) is 9.24. The number of fused-ring (bicyclic) bond motifs is 1. The van der Waals surface area contributed by atoms with Crippen LogP contribution in [0.5, 0.6) is 11.5 Å². The first-order valence-corrected chi connectivity index (χ1v) is 16.0. The Bertz CT molecular complexity index is 2270. The highest BCUT2D eigenvalue weighted by atomic mass is 35.5. The van der Waals surface area contributed by atoms with Crippen LogP contribution >= 0.6 is 22.9 Å². The van der Waals surface area contributed by atoms with Crippen molar-refractivity contribution in [3.05, 3.63) is 139 Å². The molecule has 12 heteroatoms. The van der Waals surface area contributed by atoms with E-state index in [0.29, 0.717) is 36.9 Å². The second kappa shape index (κ2) is 13.7. The van der Waals surface area contributed by atoms with E-state index in [0.717, 1.165) is 11.3 Å². The minimum absolute atomic E-state index is 0.0274. The first-order chi connectivity index (χ1) is 23.2. The summed E-state index contributed by atoms with van der Waals surface area (Å²) >= 11 is 7.37. The van der Waals surface area contributed by atoms with E-state index < -0.39 is 18.0 Å². The molecular weight excluding hydrogens is 652 g/mol. The Labute approximate surface area is 284 Å². The Morgan fingerprint density at radius 3 is 2.50 bits per heavy atom. The Morgan fingerprint density at radius 1 is 1.06 bits per heavy atom. The molecule has 1 atom stereocenters. The summed E-state index contributed by atoms with van der Waals surface area (Å²) in [7, 11) is 1.44. The lowest BCUT2D eigenvalue weighted by Crippen LogP contribution is -2.40. The number of thiazole rings is 1. The van der Waals surface area contributed by atoms with Gasteiger partial charge in [-0.1, -0.05) is 72.0 Å². The van der Waals surface area contributed by atoms with Gasteiger partial charge in [0.25, 0.3) is 5.56 Å². The average molecular weight is 681 g/mol. The summed E-state index contributed by atoms with van der Waals surface area (Å²) in [6.07, 6.45) is 5.09. The van der Waals surface area contributed by atoms with Crippen molar-refractivity contribution < 1.29 is 23.8 Å². The van der Waals surface area contributed by atoms with Crippen LogP contribution in [0.15, 0.2) is 113 Å². The number of allylic oxidation sites excluding steroid dienone is 1. The molecule has 1 unspecified atom stereocenters. The normalized spacial score (nSPS) is 14.2. The zero-order valence-electron chi connectivity index (χ0n) is 26.2. The van der Waals surface area contributed by atoms with Crippen LogP contribution in [0.4, 0.5) is 0 Å². The predicted octanol–water partition coefficient (Wildman–Crippen LogP) is 5.40. The van der Waals surface area contributed by atoms with Crippen LogP contribution in [0, 0.1) is 0 Å². The molecule has 3 heterocycles. The Balaban J connectivity index is 1.55. The van der Waals surface area contributed by atoms with Gasteiger partial charge in [0.05, 0.1) is 34.6 Å². The largest absolute Gasteiger partial charge is 0.493 e. The van der Waals surface area contributed by atoms with E-state index in [4.69, 9.17) is 30.9 Å². The third-order valence-electron chi connectivity index (χ3n) is 7.50. The first-order valence-electron chi connectivity index (χ1n) is 14.8.